The Bertz CT molecular complexity index is 793. The van der Waals surface area contributed by atoms with Crippen LogP contribution in [0.4, 0.5) is 17.6 Å². The molecule has 0 N–H and O–H groups in total. The second-order valence-electron chi connectivity index (χ2n) is 5.85. The van der Waals surface area contributed by atoms with Crippen LogP contribution < -0.4 is 4.74 Å². The quantitative estimate of drug-likeness (QED) is 0.739. The smallest absolute Gasteiger partial charge is 0.261 e. The lowest BCUT2D eigenvalue weighted by Gasteiger charge is -2.23. The summed E-state index contributed by atoms with van der Waals surface area (Å²) >= 11 is 0. The van der Waals surface area contributed by atoms with Crippen LogP contribution in [0.5, 0.6) is 5.75 Å². The van der Waals surface area contributed by atoms with Crippen molar-refractivity contribution in [2.75, 3.05) is 6.61 Å². The molecule has 1 aliphatic carbocycles. The van der Waals surface area contributed by atoms with Crippen molar-refractivity contribution < 1.29 is 27.1 Å². The zero-order chi connectivity index (χ0) is 18.0. The van der Waals surface area contributed by atoms with Crippen LogP contribution in [0.2, 0.25) is 0 Å². The van der Waals surface area contributed by atoms with Gasteiger partial charge in [-0.05, 0) is 31.0 Å². The molecule has 0 atom stereocenters. The summed E-state index contributed by atoms with van der Waals surface area (Å²) in [6, 6.07) is 5.90. The highest BCUT2D eigenvalue weighted by molar-refractivity contribution is 5.78. The van der Waals surface area contributed by atoms with Gasteiger partial charge >= 0.3 is 0 Å². The Morgan fingerprint density at radius 1 is 1.00 bits per heavy atom. The van der Waals surface area contributed by atoms with Gasteiger partial charge < -0.3 is 9.64 Å². The lowest BCUT2D eigenvalue weighted by molar-refractivity contribution is -0.134. The molecule has 0 aliphatic heterocycles. The average Bonchev–Trinajstić information content (AvgIpc) is 3.38. The zero-order valence-corrected chi connectivity index (χ0v) is 13.1. The number of ether oxygens (including phenoxy) is 1. The van der Waals surface area contributed by atoms with Crippen LogP contribution >= 0.6 is 0 Å². The lowest BCUT2D eigenvalue weighted by atomic mass is 10.2. The molecule has 1 aliphatic rings. The molecule has 0 heterocycles. The number of hydrogen-bond donors (Lipinski definition) is 0. The van der Waals surface area contributed by atoms with Crippen LogP contribution in [0, 0.1) is 23.3 Å². The SMILES string of the molecule is O=C(COc1ccc(F)cc1F)N(Cc1ccc(F)cc1F)C1CC1. The van der Waals surface area contributed by atoms with Gasteiger partial charge in [0.15, 0.2) is 18.2 Å². The van der Waals surface area contributed by atoms with Crippen molar-refractivity contribution in [3.63, 3.8) is 0 Å². The molecule has 3 nitrogen and oxygen atoms in total. The number of carbonyl (C=O) groups excluding carboxylic acids is 1. The molecule has 2 aromatic rings. The predicted octanol–water partition coefficient (Wildman–Crippen LogP) is 3.81. The molecule has 0 unspecified atom stereocenters. The molecule has 0 aromatic heterocycles. The molecule has 0 bridgehead atoms. The van der Waals surface area contributed by atoms with E-state index in [1.54, 1.807) is 0 Å². The van der Waals surface area contributed by atoms with Gasteiger partial charge in [-0.1, -0.05) is 6.07 Å². The van der Waals surface area contributed by atoms with Crippen molar-refractivity contribution in [3.05, 3.63) is 65.2 Å². The fraction of sp³-hybridized carbons (Fsp3) is 0.278. The van der Waals surface area contributed by atoms with Gasteiger partial charge in [-0.3, -0.25) is 4.79 Å². The van der Waals surface area contributed by atoms with Gasteiger partial charge in [-0.15, -0.1) is 0 Å². The van der Waals surface area contributed by atoms with E-state index in [-0.39, 0.29) is 23.9 Å². The largest absolute Gasteiger partial charge is 0.481 e. The van der Waals surface area contributed by atoms with E-state index in [0.717, 1.165) is 37.1 Å². The minimum Gasteiger partial charge on any atom is -0.481 e. The molecule has 0 spiro atoms. The molecule has 1 fully saturated rings. The summed E-state index contributed by atoms with van der Waals surface area (Å²) in [6.07, 6.45) is 1.55. The number of nitrogens with zero attached hydrogens (tertiary/aromatic N) is 1. The number of hydrogen-bond acceptors (Lipinski definition) is 2. The Morgan fingerprint density at radius 2 is 1.64 bits per heavy atom. The molecule has 1 saturated carbocycles. The Morgan fingerprint density at radius 3 is 2.24 bits per heavy atom. The van der Waals surface area contributed by atoms with Crippen molar-refractivity contribution in [1.82, 2.24) is 4.90 Å². The fourth-order valence-corrected chi connectivity index (χ4v) is 2.46. The maximum absolute atomic E-state index is 13.8. The van der Waals surface area contributed by atoms with E-state index in [2.05, 4.69) is 0 Å². The standard InChI is InChI=1S/C18H15F4NO2/c19-12-2-1-11(15(21)7-12)9-23(14-4-5-14)18(24)10-25-17-6-3-13(20)8-16(17)22/h1-3,6-8,14H,4-5,9-10H2. The maximum atomic E-state index is 13.8. The van der Waals surface area contributed by atoms with Crippen molar-refractivity contribution in [2.24, 2.45) is 0 Å². The number of carbonyl (C=O) groups is 1. The van der Waals surface area contributed by atoms with Gasteiger partial charge in [0, 0.05) is 30.3 Å². The van der Waals surface area contributed by atoms with E-state index in [1.165, 1.54) is 11.0 Å². The predicted molar refractivity (Wildman–Crippen MR) is 81.8 cm³/mol. The normalized spacial score (nSPS) is 13.6. The highest BCUT2D eigenvalue weighted by atomic mass is 19.1. The monoisotopic (exact) mass is 353 g/mol. The first-order valence-electron chi connectivity index (χ1n) is 7.75. The van der Waals surface area contributed by atoms with Crippen molar-refractivity contribution in [1.29, 1.82) is 0 Å². The second kappa shape index (κ2) is 7.13. The third-order valence-corrected chi connectivity index (χ3v) is 3.91. The summed E-state index contributed by atoms with van der Waals surface area (Å²) in [5.74, 6) is -3.77. The van der Waals surface area contributed by atoms with E-state index in [0.29, 0.717) is 6.07 Å². The van der Waals surface area contributed by atoms with Crippen LogP contribution in [-0.4, -0.2) is 23.5 Å². The molecule has 132 valence electrons. The van der Waals surface area contributed by atoms with Gasteiger partial charge in [-0.2, -0.15) is 0 Å². The zero-order valence-electron chi connectivity index (χ0n) is 13.1. The highest BCUT2D eigenvalue weighted by Crippen LogP contribution is 2.29. The Balaban J connectivity index is 1.67. The number of amides is 1. The molecule has 2 aromatic carbocycles. The Hall–Kier alpha value is -2.57. The first kappa shape index (κ1) is 17.3. The fourth-order valence-electron chi connectivity index (χ4n) is 2.46. The molecule has 1 amide bonds. The molecule has 3 rings (SSSR count). The number of rotatable bonds is 6. The van der Waals surface area contributed by atoms with Crippen LogP contribution in [0.15, 0.2) is 36.4 Å². The first-order chi connectivity index (χ1) is 11.9. The molecule has 25 heavy (non-hydrogen) atoms. The van der Waals surface area contributed by atoms with Crippen LogP contribution in [-0.2, 0) is 11.3 Å². The van der Waals surface area contributed by atoms with E-state index >= 15 is 0 Å². The molecule has 7 heteroatoms. The van der Waals surface area contributed by atoms with Crippen LogP contribution in [0.25, 0.3) is 0 Å². The van der Waals surface area contributed by atoms with Gasteiger partial charge in [0.25, 0.3) is 5.91 Å². The minimum atomic E-state index is -0.907. The Labute approximate surface area is 141 Å². The van der Waals surface area contributed by atoms with E-state index in [9.17, 15) is 22.4 Å². The summed E-state index contributed by atoms with van der Waals surface area (Å²) < 4.78 is 58.3. The van der Waals surface area contributed by atoms with E-state index in [4.69, 9.17) is 4.74 Å². The third-order valence-electron chi connectivity index (χ3n) is 3.91. The van der Waals surface area contributed by atoms with Crippen molar-refractivity contribution in [3.8, 4) is 5.75 Å². The first-order valence-corrected chi connectivity index (χ1v) is 7.75. The van der Waals surface area contributed by atoms with E-state index < -0.39 is 35.8 Å². The topological polar surface area (TPSA) is 29.5 Å². The van der Waals surface area contributed by atoms with Crippen LogP contribution in [0.3, 0.4) is 0 Å². The van der Waals surface area contributed by atoms with E-state index in [1.807, 2.05) is 0 Å². The van der Waals surface area contributed by atoms with Crippen LogP contribution in [0.1, 0.15) is 18.4 Å². The second-order valence-corrected chi connectivity index (χ2v) is 5.85. The minimum absolute atomic E-state index is 0.0229. The lowest BCUT2D eigenvalue weighted by Crippen LogP contribution is -2.36. The molecule has 0 saturated heterocycles. The van der Waals surface area contributed by atoms with Gasteiger partial charge in [0.05, 0.1) is 0 Å². The molecular weight excluding hydrogens is 338 g/mol. The average molecular weight is 353 g/mol. The summed E-state index contributed by atoms with van der Waals surface area (Å²) in [6.45, 7) is -0.479. The summed E-state index contributed by atoms with van der Waals surface area (Å²) in [7, 11) is 0. The molecular formula is C18H15F4NO2. The molecule has 0 radical (unpaired) electrons. The van der Waals surface area contributed by atoms with Crippen molar-refractivity contribution in [2.45, 2.75) is 25.4 Å². The highest BCUT2D eigenvalue weighted by Gasteiger charge is 2.33. The summed E-state index contributed by atoms with van der Waals surface area (Å²) in [5, 5.41) is 0. The number of benzene rings is 2. The summed E-state index contributed by atoms with van der Waals surface area (Å²) in [4.78, 5) is 13.8. The van der Waals surface area contributed by atoms with Gasteiger partial charge in [0.1, 0.15) is 17.5 Å². The number of halogens is 4. The third kappa shape index (κ3) is 4.29. The maximum Gasteiger partial charge on any atom is 0.261 e. The van der Waals surface area contributed by atoms with Gasteiger partial charge in [0.2, 0.25) is 0 Å². The van der Waals surface area contributed by atoms with Crippen molar-refractivity contribution >= 4 is 5.91 Å². The Kier molecular flexibility index (Phi) is 4.92. The van der Waals surface area contributed by atoms with Gasteiger partial charge in [-0.25, -0.2) is 17.6 Å². The summed E-state index contributed by atoms with van der Waals surface area (Å²) in [5.41, 5.74) is 0.189.